The van der Waals surface area contributed by atoms with Gasteiger partial charge in [-0.1, -0.05) is 0 Å². The molecule has 49 valence electrons. The Balaban J connectivity index is 0. The van der Waals surface area contributed by atoms with E-state index in [1.165, 1.54) is 0 Å². The molecule has 0 rings (SSSR count). The summed E-state index contributed by atoms with van der Waals surface area (Å²) in [5, 5.41) is 4.38. The molecule has 0 saturated heterocycles. The average molecular weight is 193 g/mol. The van der Waals surface area contributed by atoms with E-state index < -0.39 is 19.6 Å². The van der Waals surface area contributed by atoms with E-state index in [1.54, 1.807) is 0 Å². The third-order valence-electron chi connectivity index (χ3n) is 0.129. The van der Waals surface area contributed by atoms with Crippen molar-refractivity contribution in [3.63, 3.8) is 0 Å². The molecule has 7 heavy (non-hydrogen) atoms. The maximum Gasteiger partial charge on any atom is 2.00 e. The Morgan fingerprint density at radius 1 is 1.57 bits per heavy atom. The van der Waals surface area contributed by atoms with Gasteiger partial charge < -0.3 is 9.11 Å². The van der Waals surface area contributed by atoms with Crippen LogP contribution in [0.15, 0.2) is 0 Å². The van der Waals surface area contributed by atoms with Gasteiger partial charge in [-0.2, -0.15) is 0 Å². The molecule has 0 saturated carbocycles. The van der Waals surface area contributed by atoms with Crippen molar-refractivity contribution in [2.45, 2.75) is 0 Å². The first-order valence-corrected chi connectivity index (χ1v) is 3.92. The zero-order valence-electron chi connectivity index (χ0n) is 2.96. The quantitative estimate of drug-likeness (QED) is 0.348. The van der Waals surface area contributed by atoms with E-state index in [2.05, 4.69) is 5.14 Å². The molecule has 0 aromatic rings. The summed E-state index contributed by atoms with van der Waals surface area (Å²) < 4.78 is 27.9. The van der Waals surface area contributed by atoms with E-state index in [9.17, 15) is 13.3 Å². The van der Waals surface area contributed by atoms with E-state index >= 15 is 0 Å². The first-order valence-electron chi connectivity index (χ1n) is 0.941. The molecule has 0 bridgehead atoms. The minimum absolute atomic E-state index is 0. The molecule has 0 aliphatic heterocycles. The Hall–Kier alpha value is 0.899. The Labute approximate surface area is 55.4 Å². The average Bonchev–Trinajstić information content (AvgIpc) is 1.35. The van der Waals surface area contributed by atoms with Crippen LogP contribution in [0.4, 0.5) is 0 Å². The number of hydrogen-bond acceptors (Lipinski definition) is 3. The summed E-state index contributed by atoms with van der Waals surface area (Å²) in [6, 6.07) is 0. The molecule has 2 N–H and O–H groups in total. The van der Waals surface area contributed by atoms with Crippen LogP contribution >= 0.6 is 0 Å². The summed E-state index contributed by atoms with van der Waals surface area (Å²) in [5.41, 5.74) is 0. The van der Waals surface area contributed by atoms with Gasteiger partial charge in [0.25, 0.3) is 0 Å². The van der Waals surface area contributed by atoms with Crippen molar-refractivity contribution in [2.24, 2.45) is 5.14 Å². The molecular formula is H3CuNO3S2. The summed E-state index contributed by atoms with van der Waals surface area (Å²) in [5.74, 6) is 0. The molecule has 1 radical (unpaired) electrons. The van der Waals surface area contributed by atoms with Crippen molar-refractivity contribution in [1.82, 2.24) is 0 Å². The smallest absolute Gasteiger partial charge is 0.784 e. The van der Waals surface area contributed by atoms with E-state index in [4.69, 9.17) is 0 Å². The van der Waals surface area contributed by atoms with Crippen molar-refractivity contribution < 1.29 is 30.4 Å². The Kier molecular flexibility index (Phi) is 5.94. The van der Waals surface area contributed by atoms with Crippen molar-refractivity contribution >= 4 is 19.6 Å². The standard InChI is InChI=1S/Cu.H5NO3S2/c;1-5-6(2,3)4/h;5H,1H2,(H2,2,3,4)/q+2;/p-2. The number of rotatable bonds is 0. The predicted octanol–water partition coefficient (Wildman–Crippen LogP) is -1.87. The summed E-state index contributed by atoms with van der Waals surface area (Å²) in [6.07, 6.45) is 0. The molecule has 0 atom stereocenters. The van der Waals surface area contributed by atoms with Gasteiger partial charge >= 0.3 is 17.1 Å². The van der Waals surface area contributed by atoms with Crippen LogP contribution in [0, 0.1) is 0 Å². The van der Waals surface area contributed by atoms with Crippen LogP contribution in [-0.4, -0.2) is 13.3 Å². The van der Waals surface area contributed by atoms with Crippen LogP contribution in [0.2, 0.25) is 0 Å². The predicted molar refractivity (Wildman–Crippen MR) is 22.6 cm³/mol. The van der Waals surface area contributed by atoms with E-state index in [-0.39, 0.29) is 17.1 Å². The van der Waals surface area contributed by atoms with Crippen LogP contribution in [0.1, 0.15) is 0 Å². The SMILES string of the molecule is N[SH]=S(=O)([O-])[O-].[Cu+2]. The molecule has 0 aliphatic carbocycles. The number of thiol groups is 1. The fraction of sp³-hybridized carbons (Fsp3) is 0. The molecule has 0 aromatic heterocycles. The summed E-state index contributed by atoms with van der Waals surface area (Å²) >= 11 is 0. The van der Waals surface area contributed by atoms with Crippen LogP contribution < -0.4 is 5.14 Å². The largest absolute Gasteiger partial charge is 2.00 e. The number of hydrogen-bond donors (Lipinski definition) is 2. The van der Waals surface area contributed by atoms with Gasteiger partial charge in [0.2, 0.25) is 0 Å². The monoisotopic (exact) mass is 192 g/mol. The van der Waals surface area contributed by atoms with Crippen LogP contribution in [0.5, 0.6) is 0 Å². The van der Waals surface area contributed by atoms with Gasteiger partial charge in [-0.3, -0.25) is 9.35 Å². The molecule has 0 aromatic carbocycles. The minimum atomic E-state index is -4.16. The van der Waals surface area contributed by atoms with Gasteiger partial charge in [0.05, 0.1) is 0 Å². The second kappa shape index (κ2) is 3.85. The molecule has 4 nitrogen and oxygen atoms in total. The summed E-state index contributed by atoms with van der Waals surface area (Å²) in [4.78, 5) is 0. The number of nitrogens with two attached hydrogens (primary N) is 1. The normalized spacial score (nSPS) is 10.1. The van der Waals surface area contributed by atoms with Gasteiger partial charge in [-0.15, -0.1) is 19.6 Å². The van der Waals surface area contributed by atoms with Gasteiger partial charge in [0.1, 0.15) is 0 Å². The Morgan fingerprint density at radius 3 is 1.71 bits per heavy atom. The van der Waals surface area contributed by atoms with Gasteiger partial charge in [-0.05, 0) is 0 Å². The van der Waals surface area contributed by atoms with Gasteiger partial charge in [0, 0.05) is 0 Å². The third kappa shape index (κ3) is 10.9. The van der Waals surface area contributed by atoms with Gasteiger partial charge in [-0.25, -0.2) is 0 Å². The molecule has 7 heteroatoms. The zero-order valence-corrected chi connectivity index (χ0v) is 5.61. The molecule has 0 unspecified atom stereocenters. The summed E-state index contributed by atoms with van der Waals surface area (Å²) in [7, 11) is -4.77. The molecule has 0 amide bonds. The van der Waals surface area contributed by atoms with E-state index in [0.29, 0.717) is 0 Å². The van der Waals surface area contributed by atoms with Gasteiger partial charge in [0.15, 0.2) is 0 Å². The molecular weight excluding hydrogens is 190 g/mol. The maximum absolute atomic E-state index is 9.31. The van der Waals surface area contributed by atoms with Crippen LogP contribution in [0.3, 0.4) is 0 Å². The fourth-order valence-corrected chi connectivity index (χ4v) is 0. The second-order valence-electron chi connectivity index (χ2n) is 0.533. The second-order valence-corrected chi connectivity index (χ2v) is 3.57. The van der Waals surface area contributed by atoms with Crippen molar-refractivity contribution in [1.29, 1.82) is 0 Å². The Morgan fingerprint density at radius 2 is 1.71 bits per heavy atom. The molecule has 0 spiro atoms. The third-order valence-corrected chi connectivity index (χ3v) is 1.16. The van der Waals surface area contributed by atoms with E-state index in [0.717, 1.165) is 0 Å². The molecule has 0 heterocycles. The summed E-state index contributed by atoms with van der Waals surface area (Å²) in [6.45, 7) is 0. The maximum atomic E-state index is 9.31. The first kappa shape index (κ1) is 10.8. The molecule has 0 fully saturated rings. The molecule has 0 aliphatic rings. The first-order chi connectivity index (χ1) is 2.56. The van der Waals surface area contributed by atoms with Crippen molar-refractivity contribution in [2.75, 3.05) is 0 Å². The topological polar surface area (TPSA) is 89.2 Å². The van der Waals surface area contributed by atoms with Crippen LogP contribution in [0.25, 0.3) is 0 Å². The van der Waals surface area contributed by atoms with Crippen molar-refractivity contribution in [3.05, 3.63) is 0 Å². The fourth-order valence-electron chi connectivity index (χ4n) is 0. The minimum Gasteiger partial charge on any atom is -0.784 e. The van der Waals surface area contributed by atoms with Crippen LogP contribution in [-0.2, 0) is 36.6 Å². The Bertz CT molecular complexity index is 126. The van der Waals surface area contributed by atoms with E-state index in [1.807, 2.05) is 0 Å². The van der Waals surface area contributed by atoms with Crippen molar-refractivity contribution in [3.8, 4) is 0 Å². The zero-order chi connectivity index (χ0) is 5.21.